The fourth-order valence-electron chi connectivity index (χ4n) is 1.30. The second kappa shape index (κ2) is 5.92. The van der Waals surface area contributed by atoms with Gasteiger partial charge in [0.05, 0.1) is 17.5 Å². The zero-order chi connectivity index (χ0) is 14.6. The molecule has 0 aliphatic rings. The van der Waals surface area contributed by atoms with Gasteiger partial charge in [-0.2, -0.15) is 13.2 Å². The molecule has 4 nitrogen and oxygen atoms in total. The predicted octanol–water partition coefficient (Wildman–Crippen LogP) is 2.72. The Morgan fingerprint density at radius 2 is 1.89 bits per heavy atom. The van der Waals surface area contributed by atoms with Crippen LogP contribution in [0.2, 0.25) is 5.02 Å². The smallest absolute Gasteiger partial charge is 0.390 e. The van der Waals surface area contributed by atoms with E-state index in [-0.39, 0.29) is 16.1 Å². The molecule has 1 amide bonds. The summed E-state index contributed by atoms with van der Waals surface area (Å²) in [7, 11) is 0. The second-order valence-electron chi connectivity index (χ2n) is 3.62. The molecule has 2 N–H and O–H groups in total. The Labute approximate surface area is 111 Å². The van der Waals surface area contributed by atoms with E-state index in [2.05, 4.69) is 0 Å². The van der Waals surface area contributed by atoms with Crippen LogP contribution in [0.1, 0.15) is 27.1 Å². The topological polar surface area (TPSA) is 66.4 Å². The summed E-state index contributed by atoms with van der Waals surface area (Å²) in [5.74, 6) is -2.28. The Hall–Kier alpha value is -1.76. The molecule has 0 saturated carbocycles. The SMILES string of the molecule is O=C(O)c1ccc(Cl)cc1C(=O)NCCC(F)(F)F. The van der Waals surface area contributed by atoms with E-state index in [1.165, 1.54) is 6.07 Å². The molecule has 0 fully saturated rings. The van der Waals surface area contributed by atoms with Gasteiger partial charge in [-0.05, 0) is 18.2 Å². The number of carboxylic acids is 1. The van der Waals surface area contributed by atoms with Gasteiger partial charge in [0, 0.05) is 11.6 Å². The van der Waals surface area contributed by atoms with Crippen molar-refractivity contribution in [3.8, 4) is 0 Å². The number of alkyl halides is 3. The molecule has 0 aliphatic heterocycles. The van der Waals surface area contributed by atoms with E-state index < -0.39 is 31.0 Å². The highest BCUT2D eigenvalue weighted by atomic mass is 35.5. The molecule has 104 valence electrons. The van der Waals surface area contributed by atoms with Crippen molar-refractivity contribution in [2.24, 2.45) is 0 Å². The van der Waals surface area contributed by atoms with Gasteiger partial charge in [-0.3, -0.25) is 4.79 Å². The number of carbonyl (C=O) groups excluding carboxylic acids is 1. The van der Waals surface area contributed by atoms with Gasteiger partial charge < -0.3 is 10.4 Å². The van der Waals surface area contributed by atoms with Gasteiger partial charge in [-0.1, -0.05) is 11.6 Å². The van der Waals surface area contributed by atoms with Crippen LogP contribution < -0.4 is 5.32 Å². The molecule has 1 aromatic rings. The molecule has 0 atom stereocenters. The number of benzene rings is 1. The largest absolute Gasteiger partial charge is 0.478 e. The van der Waals surface area contributed by atoms with E-state index in [1.807, 2.05) is 5.32 Å². The fraction of sp³-hybridized carbons (Fsp3) is 0.273. The Kier molecular flexibility index (Phi) is 4.77. The van der Waals surface area contributed by atoms with Gasteiger partial charge in [0.2, 0.25) is 0 Å². The van der Waals surface area contributed by atoms with Crippen LogP contribution in [-0.2, 0) is 0 Å². The first-order valence-electron chi connectivity index (χ1n) is 5.08. The lowest BCUT2D eigenvalue weighted by atomic mass is 10.1. The fourth-order valence-corrected chi connectivity index (χ4v) is 1.48. The van der Waals surface area contributed by atoms with Crippen LogP contribution in [-0.4, -0.2) is 29.7 Å². The van der Waals surface area contributed by atoms with Crippen molar-refractivity contribution in [1.29, 1.82) is 0 Å². The number of halogens is 4. The molecule has 0 aliphatic carbocycles. The molecular formula is C11H9ClF3NO3. The van der Waals surface area contributed by atoms with E-state index in [0.29, 0.717) is 0 Å². The molecule has 1 aromatic carbocycles. The number of hydrogen-bond acceptors (Lipinski definition) is 2. The van der Waals surface area contributed by atoms with Gasteiger partial charge in [-0.25, -0.2) is 4.79 Å². The van der Waals surface area contributed by atoms with Crippen LogP contribution >= 0.6 is 11.6 Å². The van der Waals surface area contributed by atoms with E-state index in [4.69, 9.17) is 16.7 Å². The van der Waals surface area contributed by atoms with Crippen molar-refractivity contribution >= 4 is 23.5 Å². The van der Waals surface area contributed by atoms with Crippen molar-refractivity contribution < 1.29 is 27.9 Å². The summed E-state index contributed by atoms with van der Waals surface area (Å²) in [5, 5.41) is 11.0. The average Bonchev–Trinajstić information content (AvgIpc) is 2.26. The Balaban J connectivity index is 2.81. The zero-order valence-electron chi connectivity index (χ0n) is 9.42. The van der Waals surface area contributed by atoms with E-state index >= 15 is 0 Å². The lowest BCUT2D eigenvalue weighted by Gasteiger charge is -2.09. The highest BCUT2D eigenvalue weighted by Gasteiger charge is 2.27. The summed E-state index contributed by atoms with van der Waals surface area (Å²) in [6.07, 6.45) is -5.58. The number of rotatable bonds is 4. The summed E-state index contributed by atoms with van der Waals surface area (Å²) in [6.45, 7) is -0.631. The van der Waals surface area contributed by atoms with Crippen LogP contribution in [0.4, 0.5) is 13.2 Å². The molecule has 0 bridgehead atoms. The van der Waals surface area contributed by atoms with Crippen LogP contribution in [0.15, 0.2) is 18.2 Å². The minimum absolute atomic E-state index is 0.117. The highest BCUT2D eigenvalue weighted by Crippen LogP contribution is 2.19. The molecule has 0 spiro atoms. The Morgan fingerprint density at radius 3 is 2.42 bits per heavy atom. The highest BCUT2D eigenvalue weighted by molar-refractivity contribution is 6.31. The van der Waals surface area contributed by atoms with Crippen LogP contribution in [0, 0.1) is 0 Å². The first-order chi connectivity index (χ1) is 8.70. The minimum atomic E-state index is -4.39. The maximum Gasteiger partial charge on any atom is 0.390 e. The van der Waals surface area contributed by atoms with Crippen molar-refractivity contribution in [2.45, 2.75) is 12.6 Å². The minimum Gasteiger partial charge on any atom is -0.478 e. The standard InChI is InChI=1S/C11H9ClF3NO3/c12-6-1-2-7(10(18)19)8(5-6)9(17)16-4-3-11(13,14)15/h1-2,5H,3-4H2,(H,16,17)(H,18,19). The maximum atomic E-state index is 11.9. The van der Waals surface area contributed by atoms with Gasteiger partial charge in [0.15, 0.2) is 0 Å². The molecule has 8 heteroatoms. The van der Waals surface area contributed by atoms with Gasteiger partial charge in [0.1, 0.15) is 0 Å². The van der Waals surface area contributed by atoms with Crippen LogP contribution in [0.25, 0.3) is 0 Å². The Bertz CT molecular complexity index is 502. The van der Waals surface area contributed by atoms with E-state index in [9.17, 15) is 22.8 Å². The number of hydrogen-bond donors (Lipinski definition) is 2. The average molecular weight is 296 g/mol. The molecule has 0 heterocycles. The number of aromatic carboxylic acids is 1. The third kappa shape index (κ3) is 4.78. The van der Waals surface area contributed by atoms with Crippen LogP contribution in [0.3, 0.4) is 0 Å². The Morgan fingerprint density at radius 1 is 1.26 bits per heavy atom. The lowest BCUT2D eigenvalue weighted by Crippen LogP contribution is -2.29. The molecule has 19 heavy (non-hydrogen) atoms. The first-order valence-corrected chi connectivity index (χ1v) is 5.46. The summed E-state index contributed by atoms with van der Waals surface area (Å²) in [4.78, 5) is 22.5. The second-order valence-corrected chi connectivity index (χ2v) is 4.05. The summed E-state index contributed by atoms with van der Waals surface area (Å²) in [6, 6.07) is 3.48. The number of nitrogens with one attached hydrogen (secondary N) is 1. The third-order valence-electron chi connectivity index (χ3n) is 2.15. The van der Waals surface area contributed by atoms with Crippen molar-refractivity contribution in [1.82, 2.24) is 5.32 Å². The summed E-state index contributed by atoms with van der Waals surface area (Å²) >= 11 is 5.62. The summed E-state index contributed by atoms with van der Waals surface area (Å²) < 4.78 is 35.7. The lowest BCUT2D eigenvalue weighted by molar-refractivity contribution is -0.133. The number of carbonyl (C=O) groups is 2. The zero-order valence-corrected chi connectivity index (χ0v) is 10.2. The monoisotopic (exact) mass is 295 g/mol. The molecule has 1 rings (SSSR count). The number of carboxylic acid groups (broad SMARTS) is 1. The van der Waals surface area contributed by atoms with Gasteiger partial charge >= 0.3 is 12.1 Å². The first kappa shape index (κ1) is 15.3. The van der Waals surface area contributed by atoms with Gasteiger partial charge in [-0.15, -0.1) is 0 Å². The molecule has 0 radical (unpaired) electrons. The van der Waals surface area contributed by atoms with Gasteiger partial charge in [0.25, 0.3) is 5.91 Å². The molecular weight excluding hydrogens is 287 g/mol. The maximum absolute atomic E-state index is 11.9. The normalized spacial score (nSPS) is 11.2. The van der Waals surface area contributed by atoms with Crippen molar-refractivity contribution in [2.75, 3.05) is 6.54 Å². The summed E-state index contributed by atoms with van der Waals surface area (Å²) in [5.41, 5.74) is -0.601. The molecule has 0 unspecified atom stereocenters. The van der Waals surface area contributed by atoms with Crippen LogP contribution in [0.5, 0.6) is 0 Å². The van der Waals surface area contributed by atoms with E-state index in [0.717, 1.165) is 12.1 Å². The number of amides is 1. The predicted molar refractivity (Wildman–Crippen MR) is 61.4 cm³/mol. The van der Waals surface area contributed by atoms with E-state index in [1.54, 1.807) is 0 Å². The quantitative estimate of drug-likeness (QED) is 0.897. The molecule has 0 saturated heterocycles. The van der Waals surface area contributed by atoms with Crippen molar-refractivity contribution in [3.63, 3.8) is 0 Å². The molecule has 0 aromatic heterocycles. The third-order valence-corrected chi connectivity index (χ3v) is 2.39. The van der Waals surface area contributed by atoms with Crippen molar-refractivity contribution in [3.05, 3.63) is 34.3 Å².